The fraction of sp³-hybridized carbons (Fsp3) is 0.160. The van der Waals surface area contributed by atoms with E-state index in [0.717, 1.165) is 31.4 Å². The molecule has 3 N–H and O–H groups in total. The third-order valence-electron chi connectivity index (χ3n) is 4.79. The van der Waals surface area contributed by atoms with Gasteiger partial charge in [0, 0.05) is 23.1 Å². The quantitative estimate of drug-likeness (QED) is 0.263. The molecule has 0 atom stereocenters. The third-order valence-corrected chi connectivity index (χ3v) is 6.95. The predicted octanol–water partition coefficient (Wildman–Crippen LogP) is 6.30. The SMILES string of the molecule is COc1cccc(NC(=O)CSc2nc3ccc(NC(=O)Nc4cc(C)cc(C)c4)cc3s2)c1. The number of fused-ring (bicyclic) bond motifs is 1. The molecule has 0 unspecified atom stereocenters. The maximum Gasteiger partial charge on any atom is 0.323 e. The molecule has 4 rings (SSSR count). The van der Waals surface area contributed by atoms with E-state index in [9.17, 15) is 9.59 Å². The molecule has 4 aromatic rings. The Bertz CT molecular complexity index is 1330. The van der Waals surface area contributed by atoms with E-state index in [2.05, 4.69) is 27.0 Å². The van der Waals surface area contributed by atoms with Crippen molar-refractivity contribution < 1.29 is 14.3 Å². The Hall–Kier alpha value is -3.56. The van der Waals surface area contributed by atoms with E-state index in [4.69, 9.17) is 4.74 Å². The molecule has 0 spiro atoms. The number of rotatable bonds is 7. The molecule has 1 heterocycles. The highest BCUT2D eigenvalue weighted by Crippen LogP contribution is 2.31. The Morgan fingerprint density at radius 3 is 2.41 bits per heavy atom. The van der Waals surface area contributed by atoms with Gasteiger partial charge in [0.05, 0.1) is 23.1 Å². The second kappa shape index (κ2) is 10.6. The first-order valence-corrected chi connectivity index (χ1v) is 12.3. The van der Waals surface area contributed by atoms with Crippen LogP contribution >= 0.6 is 23.1 Å². The van der Waals surface area contributed by atoms with Crippen LogP contribution in [0.3, 0.4) is 0 Å². The molecule has 0 aliphatic rings. The summed E-state index contributed by atoms with van der Waals surface area (Å²) in [7, 11) is 1.59. The van der Waals surface area contributed by atoms with Crippen molar-refractivity contribution in [3.05, 3.63) is 71.8 Å². The van der Waals surface area contributed by atoms with Gasteiger partial charge in [-0.25, -0.2) is 9.78 Å². The highest BCUT2D eigenvalue weighted by atomic mass is 32.2. The number of nitrogens with one attached hydrogen (secondary N) is 3. The average Bonchev–Trinajstić information content (AvgIpc) is 3.19. The van der Waals surface area contributed by atoms with Crippen LogP contribution in [-0.4, -0.2) is 29.8 Å². The van der Waals surface area contributed by atoms with Gasteiger partial charge in [0.1, 0.15) is 5.75 Å². The van der Waals surface area contributed by atoms with Crippen molar-refractivity contribution in [3.8, 4) is 5.75 Å². The number of benzene rings is 3. The maximum atomic E-state index is 12.4. The van der Waals surface area contributed by atoms with Gasteiger partial charge in [0.25, 0.3) is 0 Å². The Morgan fingerprint density at radius 2 is 1.65 bits per heavy atom. The zero-order valence-electron chi connectivity index (χ0n) is 19.0. The lowest BCUT2D eigenvalue weighted by molar-refractivity contribution is -0.113. The van der Waals surface area contributed by atoms with E-state index in [1.165, 1.54) is 23.1 Å². The largest absolute Gasteiger partial charge is 0.497 e. The summed E-state index contributed by atoms with van der Waals surface area (Å²) in [6.07, 6.45) is 0. The summed E-state index contributed by atoms with van der Waals surface area (Å²) in [5.74, 6) is 0.798. The summed E-state index contributed by atoms with van der Waals surface area (Å²) in [6, 6.07) is 18.4. The molecular formula is C25H24N4O3S2. The van der Waals surface area contributed by atoms with Gasteiger partial charge in [-0.15, -0.1) is 11.3 Å². The van der Waals surface area contributed by atoms with E-state index in [1.807, 2.05) is 62.4 Å². The van der Waals surface area contributed by atoms with Gasteiger partial charge in [-0.2, -0.15) is 0 Å². The van der Waals surface area contributed by atoms with Crippen LogP contribution in [0, 0.1) is 13.8 Å². The fourth-order valence-corrected chi connectivity index (χ4v) is 5.32. The molecule has 0 aliphatic heterocycles. The number of thioether (sulfide) groups is 1. The van der Waals surface area contributed by atoms with Crippen LogP contribution < -0.4 is 20.7 Å². The fourth-order valence-electron chi connectivity index (χ4n) is 3.41. The Morgan fingerprint density at radius 1 is 0.912 bits per heavy atom. The zero-order valence-corrected chi connectivity index (χ0v) is 20.6. The molecule has 7 nitrogen and oxygen atoms in total. The molecular weight excluding hydrogens is 468 g/mol. The average molecular weight is 493 g/mol. The summed E-state index contributed by atoms with van der Waals surface area (Å²) in [4.78, 5) is 29.3. The third kappa shape index (κ3) is 6.27. The van der Waals surface area contributed by atoms with Gasteiger partial charge in [-0.3, -0.25) is 4.79 Å². The number of hydrogen-bond acceptors (Lipinski definition) is 6. The highest BCUT2D eigenvalue weighted by Gasteiger charge is 2.10. The van der Waals surface area contributed by atoms with E-state index < -0.39 is 0 Å². The molecule has 1 aromatic heterocycles. The van der Waals surface area contributed by atoms with Gasteiger partial charge < -0.3 is 20.7 Å². The standard InChI is InChI=1S/C25H24N4O3S2/c1-15-9-16(2)11-19(10-15)28-24(31)27-18-7-8-21-22(13-18)34-25(29-21)33-14-23(30)26-17-5-4-6-20(12-17)32-3/h4-13H,14H2,1-3H3,(H,26,30)(H2,27,28,31). The number of carbonyl (C=O) groups excluding carboxylic acids is 2. The molecule has 0 bridgehead atoms. The van der Waals surface area contributed by atoms with E-state index >= 15 is 0 Å². The molecule has 9 heteroatoms. The van der Waals surface area contributed by atoms with Crippen molar-refractivity contribution in [2.45, 2.75) is 18.2 Å². The number of amides is 3. The molecule has 0 fully saturated rings. The minimum Gasteiger partial charge on any atom is -0.497 e. The number of urea groups is 1. The molecule has 3 aromatic carbocycles. The Kier molecular flexibility index (Phi) is 7.34. The van der Waals surface area contributed by atoms with Crippen LogP contribution in [-0.2, 0) is 4.79 Å². The Balaban J connectivity index is 1.35. The molecule has 34 heavy (non-hydrogen) atoms. The minimum absolute atomic E-state index is 0.122. The second-order valence-corrected chi connectivity index (χ2v) is 9.94. The topological polar surface area (TPSA) is 92.3 Å². The normalized spacial score (nSPS) is 10.7. The number of aryl methyl sites for hydroxylation is 2. The molecule has 174 valence electrons. The van der Waals surface area contributed by atoms with Crippen molar-refractivity contribution in [1.29, 1.82) is 0 Å². The van der Waals surface area contributed by atoms with Crippen molar-refractivity contribution in [1.82, 2.24) is 4.98 Å². The smallest absolute Gasteiger partial charge is 0.323 e. The lowest BCUT2D eigenvalue weighted by atomic mass is 10.1. The summed E-state index contributed by atoms with van der Waals surface area (Å²) < 4.78 is 6.89. The van der Waals surface area contributed by atoms with Gasteiger partial charge in [-0.1, -0.05) is 23.9 Å². The monoisotopic (exact) mass is 492 g/mol. The zero-order chi connectivity index (χ0) is 24.1. The predicted molar refractivity (Wildman–Crippen MR) is 141 cm³/mol. The molecule has 0 radical (unpaired) electrons. The molecule has 3 amide bonds. The van der Waals surface area contributed by atoms with E-state index in [-0.39, 0.29) is 17.7 Å². The summed E-state index contributed by atoms with van der Waals surface area (Å²) in [5.41, 5.74) is 5.10. The molecule has 0 saturated carbocycles. The first-order chi connectivity index (χ1) is 16.4. The first kappa shape index (κ1) is 23.6. The Labute approximate surface area is 205 Å². The van der Waals surface area contributed by atoms with Crippen molar-refractivity contribution in [2.24, 2.45) is 0 Å². The van der Waals surface area contributed by atoms with E-state index in [1.54, 1.807) is 13.2 Å². The van der Waals surface area contributed by atoms with Crippen LogP contribution in [0.15, 0.2) is 65.0 Å². The number of thiazole rings is 1. The molecule has 0 saturated heterocycles. The van der Waals surface area contributed by atoms with Gasteiger partial charge in [-0.05, 0) is 67.4 Å². The summed E-state index contributed by atoms with van der Waals surface area (Å²) >= 11 is 2.85. The number of aromatic nitrogens is 1. The number of hydrogen-bond donors (Lipinski definition) is 3. The lowest BCUT2D eigenvalue weighted by Crippen LogP contribution is -2.19. The second-order valence-electron chi connectivity index (χ2n) is 7.69. The first-order valence-electron chi connectivity index (χ1n) is 10.5. The van der Waals surface area contributed by atoms with Gasteiger partial charge >= 0.3 is 6.03 Å². The van der Waals surface area contributed by atoms with E-state index in [0.29, 0.717) is 17.1 Å². The minimum atomic E-state index is -0.308. The maximum absolute atomic E-state index is 12.4. The number of nitrogens with zero attached hydrogens (tertiary/aromatic N) is 1. The van der Waals surface area contributed by atoms with Crippen LogP contribution in [0.5, 0.6) is 5.75 Å². The number of anilines is 3. The lowest BCUT2D eigenvalue weighted by Gasteiger charge is -2.09. The van der Waals surface area contributed by atoms with Crippen LogP contribution in [0.4, 0.5) is 21.9 Å². The number of carbonyl (C=O) groups is 2. The van der Waals surface area contributed by atoms with Crippen molar-refractivity contribution >= 4 is 62.3 Å². The van der Waals surface area contributed by atoms with Crippen LogP contribution in [0.2, 0.25) is 0 Å². The number of methoxy groups -OCH3 is 1. The van der Waals surface area contributed by atoms with Crippen molar-refractivity contribution in [2.75, 3.05) is 28.8 Å². The van der Waals surface area contributed by atoms with Gasteiger partial charge in [0.15, 0.2) is 4.34 Å². The van der Waals surface area contributed by atoms with Crippen molar-refractivity contribution in [3.63, 3.8) is 0 Å². The summed E-state index contributed by atoms with van der Waals surface area (Å²) in [5, 5.41) is 8.59. The van der Waals surface area contributed by atoms with Gasteiger partial charge in [0.2, 0.25) is 5.91 Å². The van der Waals surface area contributed by atoms with Crippen LogP contribution in [0.1, 0.15) is 11.1 Å². The molecule has 0 aliphatic carbocycles. The number of ether oxygens (including phenoxy) is 1. The van der Waals surface area contributed by atoms with Crippen LogP contribution in [0.25, 0.3) is 10.2 Å². The summed E-state index contributed by atoms with van der Waals surface area (Å²) in [6.45, 7) is 3.98. The highest BCUT2D eigenvalue weighted by molar-refractivity contribution is 8.01.